The Bertz CT molecular complexity index is 636. The molecule has 0 aliphatic rings. The van der Waals surface area contributed by atoms with Crippen LogP contribution in [0.3, 0.4) is 0 Å². The monoisotopic (exact) mass is 256 g/mol. The van der Waals surface area contributed by atoms with E-state index in [2.05, 4.69) is 9.97 Å². The van der Waals surface area contributed by atoms with Crippen molar-refractivity contribution in [3.63, 3.8) is 0 Å². The van der Waals surface area contributed by atoms with E-state index in [-0.39, 0.29) is 5.82 Å². The SMILES string of the molecule is COc1cc(C)c(C)cc1-c1cc(C)nc(C=O)n1. The molecule has 0 atom stereocenters. The maximum Gasteiger partial charge on any atom is 0.193 e. The average Bonchev–Trinajstić information content (AvgIpc) is 2.40. The maximum absolute atomic E-state index is 10.9. The van der Waals surface area contributed by atoms with Crippen LogP contribution >= 0.6 is 0 Å². The zero-order valence-corrected chi connectivity index (χ0v) is 11.5. The number of rotatable bonds is 3. The van der Waals surface area contributed by atoms with Gasteiger partial charge in [-0.2, -0.15) is 0 Å². The molecule has 98 valence electrons. The number of aromatic nitrogens is 2. The summed E-state index contributed by atoms with van der Waals surface area (Å²) in [6.45, 7) is 5.91. The first-order valence-corrected chi connectivity index (χ1v) is 6.01. The van der Waals surface area contributed by atoms with Crippen LogP contribution in [0.1, 0.15) is 27.4 Å². The molecule has 0 amide bonds. The highest BCUT2D eigenvalue weighted by molar-refractivity contribution is 5.74. The summed E-state index contributed by atoms with van der Waals surface area (Å²) in [5.74, 6) is 0.938. The fraction of sp³-hybridized carbons (Fsp3) is 0.267. The predicted octanol–water partition coefficient (Wildman–Crippen LogP) is 2.89. The van der Waals surface area contributed by atoms with Gasteiger partial charge in [0, 0.05) is 11.3 Å². The number of benzene rings is 1. The number of carbonyl (C=O) groups excluding carboxylic acids is 1. The minimum Gasteiger partial charge on any atom is -0.496 e. The fourth-order valence-electron chi connectivity index (χ4n) is 1.94. The fourth-order valence-corrected chi connectivity index (χ4v) is 1.94. The van der Waals surface area contributed by atoms with Crippen molar-refractivity contribution in [3.05, 3.63) is 40.8 Å². The summed E-state index contributed by atoms with van der Waals surface area (Å²) in [5.41, 5.74) is 4.64. The van der Waals surface area contributed by atoms with Gasteiger partial charge in [-0.1, -0.05) is 0 Å². The third kappa shape index (κ3) is 2.62. The molecular weight excluding hydrogens is 240 g/mol. The van der Waals surface area contributed by atoms with E-state index in [0.29, 0.717) is 12.0 Å². The molecule has 4 heteroatoms. The molecule has 0 aliphatic heterocycles. The average molecular weight is 256 g/mol. The number of nitrogens with zero attached hydrogens (tertiary/aromatic N) is 2. The first-order chi connectivity index (χ1) is 9.05. The Morgan fingerprint density at radius 3 is 2.37 bits per heavy atom. The van der Waals surface area contributed by atoms with Gasteiger partial charge < -0.3 is 4.74 Å². The Morgan fingerprint density at radius 2 is 1.74 bits per heavy atom. The van der Waals surface area contributed by atoms with Gasteiger partial charge in [-0.25, -0.2) is 9.97 Å². The molecule has 0 aliphatic carbocycles. The largest absolute Gasteiger partial charge is 0.496 e. The summed E-state index contributed by atoms with van der Waals surface area (Å²) in [6.07, 6.45) is 0.657. The molecule has 0 saturated carbocycles. The van der Waals surface area contributed by atoms with E-state index in [1.807, 2.05) is 39.0 Å². The second-order valence-corrected chi connectivity index (χ2v) is 4.51. The highest BCUT2D eigenvalue weighted by Crippen LogP contribution is 2.31. The molecule has 1 aromatic heterocycles. The summed E-state index contributed by atoms with van der Waals surface area (Å²) in [6, 6.07) is 5.84. The topological polar surface area (TPSA) is 52.1 Å². The van der Waals surface area contributed by atoms with Gasteiger partial charge in [0.1, 0.15) is 5.75 Å². The first kappa shape index (κ1) is 13.2. The lowest BCUT2D eigenvalue weighted by atomic mass is 10.0. The number of aldehydes is 1. The summed E-state index contributed by atoms with van der Waals surface area (Å²) in [5, 5.41) is 0. The van der Waals surface area contributed by atoms with E-state index < -0.39 is 0 Å². The van der Waals surface area contributed by atoms with E-state index in [1.165, 1.54) is 0 Å². The van der Waals surface area contributed by atoms with Crippen LogP contribution in [0.15, 0.2) is 18.2 Å². The lowest BCUT2D eigenvalue weighted by Gasteiger charge is -2.12. The summed E-state index contributed by atoms with van der Waals surface area (Å²) < 4.78 is 5.40. The zero-order chi connectivity index (χ0) is 14.0. The van der Waals surface area contributed by atoms with Gasteiger partial charge in [-0.15, -0.1) is 0 Å². The van der Waals surface area contributed by atoms with Gasteiger partial charge in [0.15, 0.2) is 12.1 Å². The molecule has 0 radical (unpaired) electrons. The first-order valence-electron chi connectivity index (χ1n) is 6.01. The number of methoxy groups -OCH3 is 1. The second-order valence-electron chi connectivity index (χ2n) is 4.51. The molecule has 0 unspecified atom stereocenters. The Balaban J connectivity index is 2.67. The number of hydrogen-bond donors (Lipinski definition) is 0. The van der Waals surface area contributed by atoms with E-state index in [1.54, 1.807) is 7.11 Å². The van der Waals surface area contributed by atoms with Crippen LogP contribution in [0.25, 0.3) is 11.3 Å². The van der Waals surface area contributed by atoms with Crippen molar-refractivity contribution in [2.24, 2.45) is 0 Å². The molecule has 0 fully saturated rings. The van der Waals surface area contributed by atoms with Crippen LogP contribution in [0, 0.1) is 20.8 Å². The Kier molecular flexibility index (Phi) is 3.60. The van der Waals surface area contributed by atoms with Gasteiger partial charge >= 0.3 is 0 Å². The van der Waals surface area contributed by atoms with Crippen molar-refractivity contribution in [1.82, 2.24) is 9.97 Å². The molecule has 2 rings (SSSR count). The number of hydrogen-bond acceptors (Lipinski definition) is 4. The lowest BCUT2D eigenvalue weighted by molar-refractivity contribution is 0.111. The smallest absolute Gasteiger partial charge is 0.193 e. The van der Waals surface area contributed by atoms with Crippen molar-refractivity contribution in [2.45, 2.75) is 20.8 Å². The van der Waals surface area contributed by atoms with Crippen LogP contribution in [-0.2, 0) is 0 Å². The third-order valence-electron chi connectivity index (χ3n) is 3.07. The normalized spacial score (nSPS) is 10.3. The van der Waals surface area contributed by atoms with Crippen molar-refractivity contribution >= 4 is 6.29 Å². The van der Waals surface area contributed by atoms with Gasteiger partial charge in [-0.05, 0) is 50.1 Å². The van der Waals surface area contributed by atoms with E-state index in [4.69, 9.17) is 4.74 Å². The molecule has 2 aromatic rings. The Morgan fingerprint density at radius 1 is 1.05 bits per heavy atom. The van der Waals surface area contributed by atoms with Gasteiger partial charge in [0.2, 0.25) is 0 Å². The maximum atomic E-state index is 10.9. The molecule has 1 aromatic carbocycles. The lowest BCUT2D eigenvalue weighted by Crippen LogP contribution is -1.99. The van der Waals surface area contributed by atoms with Crippen molar-refractivity contribution in [2.75, 3.05) is 7.11 Å². The number of carbonyl (C=O) groups is 1. The summed E-state index contributed by atoms with van der Waals surface area (Å²) >= 11 is 0. The second kappa shape index (κ2) is 5.18. The summed E-state index contributed by atoms with van der Waals surface area (Å²) in [4.78, 5) is 19.2. The molecule has 0 spiro atoms. The highest BCUT2D eigenvalue weighted by Gasteiger charge is 2.11. The van der Waals surface area contributed by atoms with Crippen LogP contribution < -0.4 is 4.74 Å². The van der Waals surface area contributed by atoms with Gasteiger partial charge in [0.05, 0.1) is 12.8 Å². The van der Waals surface area contributed by atoms with Gasteiger partial charge in [0.25, 0.3) is 0 Å². The van der Waals surface area contributed by atoms with Crippen LogP contribution in [0.4, 0.5) is 0 Å². The number of ether oxygens (including phenoxy) is 1. The standard InChI is InChI=1S/C15H16N2O2/c1-9-5-12(14(19-4)6-10(9)2)13-7-11(3)16-15(8-18)17-13/h5-8H,1-4H3. The predicted molar refractivity (Wildman–Crippen MR) is 73.6 cm³/mol. The van der Waals surface area contributed by atoms with Crippen molar-refractivity contribution in [3.8, 4) is 17.0 Å². The molecule has 0 bridgehead atoms. The molecule has 0 saturated heterocycles. The molecule has 1 heterocycles. The quantitative estimate of drug-likeness (QED) is 0.792. The van der Waals surface area contributed by atoms with Crippen molar-refractivity contribution in [1.29, 1.82) is 0 Å². The van der Waals surface area contributed by atoms with Crippen LogP contribution in [0.2, 0.25) is 0 Å². The number of aryl methyl sites for hydroxylation is 3. The van der Waals surface area contributed by atoms with Crippen LogP contribution in [-0.4, -0.2) is 23.4 Å². The van der Waals surface area contributed by atoms with E-state index >= 15 is 0 Å². The van der Waals surface area contributed by atoms with E-state index in [9.17, 15) is 4.79 Å². The Labute approximate surface area is 112 Å². The third-order valence-corrected chi connectivity index (χ3v) is 3.07. The molecule has 0 N–H and O–H groups in total. The highest BCUT2D eigenvalue weighted by atomic mass is 16.5. The molecular formula is C15H16N2O2. The zero-order valence-electron chi connectivity index (χ0n) is 11.5. The molecule has 19 heavy (non-hydrogen) atoms. The van der Waals surface area contributed by atoms with Crippen molar-refractivity contribution < 1.29 is 9.53 Å². The van der Waals surface area contributed by atoms with Crippen LogP contribution in [0.5, 0.6) is 5.75 Å². The minimum absolute atomic E-state index is 0.190. The van der Waals surface area contributed by atoms with Gasteiger partial charge in [-0.3, -0.25) is 4.79 Å². The summed E-state index contributed by atoms with van der Waals surface area (Å²) in [7, 11) is 1.63. The van der Waals surface area contributed by atoms with E-state index in [0.717, 1.165) is 28.1 Å². The molecule has 4 nitrogen and oxygen atoms in total. The Hall–Kier alpha value is -2.23. The minimum atomic E-state index is 0.190.